The molecule has 3 heteroatoms. The number of benzene rings is 1. The molecule has 1 aliphatic rings. The highest BCUT2D eigenvalue weighted by molar-refractivity contribution is 5.39. The van der Waals surface area contributed by atoms with Crippen LogP contribution in [0, 0.1) is 0 Å². The fourth-order valence-electron chi connectivity index (χ4n) is 2.25. The van der Waals surface area contributed by atoms with E-state index in [-0.39, 0.29) is 6.04 Å². The predicted octanol–water partition coefficient (Wildman–Crippen LogP) is 1.96. The second kappa shape index (κ2) is 5.52. The quantitative estimate of drug-likeness (QED) is 0.865. The Kier molecular flexibility index (Phi) is 4.02. The SMILES string of the molecule is CN(C)CCOc1ccc2c(c1)[C@H](N)CCC2. The van der Waals surface area contributed by atoms with Crippen LogP contribution >= 0.6 is 0 Å². The van der Waals surface area contributed by atoms with Crippen LogP contribution in [0.15, 0.2) is 18.2 Å². The van der Waals surface area contributed by atoms with Crippen LogP contribution in [0.5, 0.6) is 5.75 Å². The first-order valence-corrected chi connectivity index (χ1v) is 6.33. The summed E-state index contributed by atoms with van der Waals surface area (Å²) in [7, 11) is 4.10. The standard InChI is InChI=1S/C14H22N2O/c1-16(2)8-9-17-12-7-6-11-4-3-5-14(15)13(11)10-12/h6-7,10,14H,3-5,8-9,15H2,1-2H3/t14-/m1/s1. The van der Waals surface area contributed by atoms with Gasteiger partial charge in [-0.25, -0.2) is 0 Å². The summed E-state index contributed by atoms with van der Waals surface area (Å²) in [5.41, 5.74) is 8.80. The Balaban J connectivity index is 2.02. The second-order valence-electron chi connectivity index (χ2n) is 5.01. The van der Waals surface area contributed by atoms with Crippen molar-refractivity contribution in [2.45, 2.75) is 25.3 Å². The van der Waals surface area contributed by atoms with Crippen LogP contribution in [0.25, 0.3) is 0 Å². The molecule has 0 spiro atoms. The van der Waals surface area contributed by atoms with E-state index >= 15 is 0 Å². The van der Waals surface area contributed by atoms with Crippen LogP contribution in [0.4, 0.5) is 0 Å². The number of fused-ring (bicyclic) bond motifs is 1. The lowest BCUT2D eigenvalue weighted by atomic mass is 9.88. The van der Waals surface area contributed by atoms with Gasteiger partial charge in [-0.3, -0.25) is 0 Å². The van der Waals surface area contributed by atoms with E-state index in [1.807, 2.05) is 14.1 Å². The molecule has 0 unspecified atom stereocenters. The third kappa shape index (κ3) is 3.20. The van der Waals surface area contributed by atoms with E-state index < -0.39 is 0 Å². The summed E-state index contributed by atoms with van der Waals surface area (Å²) in [6.45, 7) is 1.66. The van der Waals surface area contributed by atoms with E-state index in [9.17, 15) is 0 Å². The van der Waals surface area contributed by atoms with Gasteiger partial charge < -0.3 is 15.4 Å². The highest BCUT2D eigenvalue weighted by Gasteiger charge is 2.17. The van der Waals surface area contributed by atoms with Crippen molar-refractivity contribution < 1.29 is 4.74 Å². The third-order valence-corrected chi connectivity index (χ3v) is 3.29. The van der Waals surface area contributed by atoms with Crippen molar-refractivity contribution in [3.8, 4) is 5.75 Å². The van der Waals surface area contributed by atoms with E-state index in [1.54, 1.807) is 0 Å². The molecule has 17 heavy (non-hydrogen) atoms. The number of nitrogens with two attached hydrogens (primary N) is 1. The number of aryl methyl sites for hydroxylation is 1. The van der Waals surface area contributed by atoms with Crippen molar-refractivity contribution in [3.05, 3.63) is 29.3 Å². The van der Waals surface area contributed by atoms with Crippen LogP contribution in [0.2, 0.25) is 0 Å². The van der Waals surface area contributed by atoms with Crippen LogP contribution < -0.4 is 10.5 Å². The van der Waals surface area contributed by atoms with Gasteiger partial charge in [-0.15, -0.1) is 0 Å². The summed E-state index contributed by atoms with van der Waals surface area (Å²) in [5, 5.41) is 0. The number of rotatable bonds is 4. The van der Waals surface area contributed by atoms with Crippen molar-refractivity contribution in [1.29, 1.82) is 0 Å². The molecule has 1 aromatic rings. The van der Waals surface area contributed by atoms with E-state index in [4.69, 9.17) is 10.5 Å². The van der Waals surface area contributed by atoms with Crippen LogP contribution in [0.3, 0.4) is 0 Å². The summed E-state index contributed by atoms with van der Waals surface area (Å²) < 4.78 is 5.73. The molecule has 94 valence electrons. The van der Waals surface area contributed by atoms with Gasteiger partial charge >= 0.3 is 0 Å². The average molecular weight is 234 g/mol. The van der Waals surface area contributed by atoms with Crippen molar-refractivity contribution in [2.24, 2.45) is 5.73 Å². The first-order valence-electron chi connectivity index (χ1n) is 6.33. The number of hydrogen-bond acceptors (Lipinski definition) is 3. The van der Waals surface area contributed by atoms with Gasteiger partial charge in [0.15, 0.2) is 0 Å². The molecule has 0 radical (unpaired) electrons. The number of nitrogens with zero attached hydrogens (tertiary/aromatic N) is 1. The fourth-order valence-corrected chi connectivity index (χ4v) is 2.25. The Morgan fingerprint density at radius 2 is 2.24 bits per heavy atom. The van der Waals surface area contributed by atoms with E-state index in [2.05, 4.69) is 23.1 Å². The molecular formula is C14H22N2O. The minimum atomic E-state index is 0.191. The maximum Gasteiger partial charge on any atom is 0.119 e. The Labute approximate surface area is 104 Å². The summed E-state index contributed by atoms with van der Waals surface area (Å²) >= 11 is 0. The molecule has 1 atom stereocenters. The highest BCUT2D eigenvalue weighted by Crippen LogP contribution is 2.30. The maximum absolute atomic E-state index is 6.13. The number of ether oxygens (including phenoxy) is 1. The summed E-state index contributed by atoms with van der Waals surface area (Å²) in [5.74, 6) is 0.947. The van der Waals surface area contributed by atoms with Gasteiger partial charge in [-0.2, -0.15) is 0 Å². The van der Waals surface area contributed by atoms with Crippen LogP contribution in [-0.4, -0.2) is 32.1 Å². The summed E-state index contributed by atoms with van der Waals surface area (Å²) in [6.07, 6.45) is 3.45. The van der Waals surface area contributed by atoms with Gasteiger partial charge in [0.05, 0.1) is 0 Å². The Morgan fingerprint density at radius 1 is 1.41 bits per heavy atom. The minimum Gasteiger partial charge on any atom is -0.492 e. The van der Waals surface area contributed by atoms with Crippen LogP contribution in [-0.2, 0) is 6.42 Å². The van der Waals surface area contributed by atoms with Gasteiger partial charge in [0, 0.05) is 12.6 Å². The average Bonchev–Trinajstić information content (AvgIpc) is 2.30. The van der Waals surface area contributed by atoms with E-state index in [0.717, 1.165) is 31.7 Å². The molecular weight excluding hydrogens is 212 g/mol. The predicted molar refractivity (Wildman–Crippen MR) is 70.4 cm³/mol. The van der Waals surface area contributed by atoms with Gasteiger partial charge in [0.25, 0.3) is 0 Å². The van der Waals surface area contributed by atoms with Gasteiger partial charge in [0.2, 0.25) is 0 Å². The molecule has 0 saturated heterocycles. The molecule has 0 saturated carbocycles. The van der Waals surface area contributed by atoms with Crippen LogP contribution in [0.1, 0.15) is 30.0 Å². The highest BCUT2D eigenvalue weighted by atomic mass is 16.5. The normalized spacial score (nSPS) is 19.2. The number of likely N-dealkylation sites (N-methyl/N-ethyl adjacent to an activating group) is 1. The maximum atomic E-state index is 6.13. The Hall–Kier alpha value is -1.06. The molecule has 1 aromatic carbocycles. The lowest BCUT2D eigenvalue weighted by molar-refractivity contribution is 0.261. The topological polar surface area (TPSA) is 38.5 Å². The lowest BCUT2D eigenvalue weighted by Crippen LogP contribution is -2.20. The van der Waals surface area contributed by atoms with Crippen molar-refractivity contribution >= 4 is 0 Å². The van der Waals surface area contributed by atoms with Gasteiger partial charge in [-0.05, 0) is 56.6 Å². The molecule has 2 N–H and O–H groups in total. The minimum absolute atomic E-state index is 0.191. The van der Waals surface area contributed by atoms with Crippen molar-refractivity contribution in [1.82, 2.24) is 4.90 Å². The van der Waals surface area contributed by atoms with Crippen molar-refractivity contribution in [3.63, 3.8) is 0 Å². The van der Waals surface area contributed by atoms with E-state index in [0.29, 0.717) is 0 Å². The lowest BCUT2D eigenvalue weighted by Gasteiger charge is -2.23. The molecule has 3 nitrogen and oxygen atoms in total. The molecule has 1 aliphatic carbocycles. The smallest absolute Gasteiger partial charge is 0.119 e. The third-order valence-electron chi connectivity index (χ3n) is 3.29. The molecule has 0 aliphatic heterocycles. The molecule has 0 heterocycles. The molecule has 0 aromatic heterocycles. The zero-order valence-electron chi connectivity index (χ0n) is 10.8. The van der Waals surface area contributed by atoms with Crippen molar-refractivity contribution in [2.75, 3.05) is 27.2 Å². The molecule has 0 bridgehead atoms. The summed E-state index contributed by atoms with van der Waals surface area (Å²) in [6, 6.07) is 6.54. The molecule has 2 rings (SSSR count). The van der Waals surface area contributed by atoms with Gasteiger partial charge in [-0.1, -0.05) is 6.07 Å². The van der Waals surface area contributed by atoms with E-state index in [1.165, 1.54) is 17.5 Å². The second-order valence-corrected chi connectivity index (χ2v) is 5.01. The zero-order chi connectivity index (χ0) is 12.3. The number of hydrogen-bond donors (Lipinski definition) is 1. The fraction of sp³-hybridized carbons (Fsp3) is 0.571. The largest absolute Gasteiger partial charge is 0.492 e. The molecule has 0 amide bonds. The molecule has 0 fully saturated rings. The van der Waals surface area contributed by atoms with Gasteiger partial charge in [0.1, 0.15) is 12.4 Å². The zero-order valence-corrected chi connectivity index (χ0v) is 10.8. The first kappa shape index (κ1) is 12.4. The Bertz CT molecular complexity index is 376. The summed E-state index contributed by atoms with van der Waals surface area (Å²) in [4.78, 5) is 2.12. The Morgan fingerprint density at radius 3 is 3.00 bits per heavy atom. The monoisotopic (exact) mass is 234 g/mol. The first-order chi connectivity index (χ1) is 8.16.